The van der Waals surface area contributed by atoms with Crippen LogP contribution in [-0.4, -0.2) is 28.5 Å². The fourth-order valence-electron chi connectivity index (χ4n) is 1.55. The lowest BCUT2D eigenvalue weighted by Crippen LogP contribution is -2.25. The van der Waals surface area contributed by atoms with Gasteiger partial charge in [-0.1, -0.05) is 0 Å². The van der Waals surface area contributed by atoms with E-state index in [0.717, 1.165) is 6.07 Å². The number of hydrogen-bond acceptors (Lipinski definition) is 5. The molecule has 0 aliphatic heterocycles. The number of carboxylic acid groups (broad SMARTS) is 1. The largest absolute Gasteiger partial charge is 0.481 e. The van der Waals surface area contributed by atoms with Crippen LogP contribution in [0.5, 0.6) is 0 Å². The number of carbonyl (C=O) groups is 2. The predicted molar refractivity (Wildman–Crippen MR) is 71.3 cm³/mol. The molecule has 0 saturated carbocycles. The van der Waals surface area contributed by atoms with Crippen LogP contribution < -0.4 is 11.1 Å². The van der Waals surface area contributed by atoms with Crippen molar-refractivity contribution >= 4 is 23.3 Å². The van der Waals surface area contributed by atoms with Crippen LogP contribution in [0.4, 0.5) is 11.4 Å². The Balaban J connectivity index is 2.57. The van der Waals surface area contributed by atoms with Crippen molar-refractivity contribution in [2.45, 2.75) is 19.3 Å². The van der Waals surface area contributed by atoms with Gasteiger partial charge in [0, 0.05) is 30.8 Å². The van der Waals surface area contributed by atoms with E-state index in [2.05, 4.69) is 5.32 Å². The van der Waals surface area contributed by atoms with Gasteiger partial charge in [0.2, 0.25) is 0 Å². The maximum Gasteiger partial charge on any atom is 0.303 e. The van der Waals surface area contributed by atoms with E-state index in [9.17, 15) is 19.7 Å². The van der Waals surface area contributed by atoms with E-state index in [1.54, 1.807) is 0 Å². The summed E-state index contributed by atoms with van der Waals surface area (Å²) < 4.78 is 0. The van der Waals surface area contributed by atoms with E-state index in [-0.39, 0.29) is 29.9 Å². The first-order valence-corrected chi connectivity index (χ1v) is 5.95. The molecule has 0 spiro atoms. The van der Waals surface area contributed by atoms with Crippen LogP contribution in [0.25, 0.3) is 0 Å². The number of benzene rings is 1. The third-order valence-corrected chi connectivity index (χ3v) is 2.60. The molecular weight excluding hydrogens is 266 g/mol. The summed E-state index contributed by atoms with van der Waals surface area (Å²) in [6.45, 7) is 0.286. The number of carboxylic acids is 1. The van der Waals surface area contributed by atoms with Gasteiger partial charge in [0.1, 0.15) is 0 Å². The molecule has 0 unspecified atom stereocenters. The van der Waals surface area contributed by atoms with Gasteiger partial charge in [-0.2, -0.15) is 0 Å². The molecule has 1 rings (SSSR count). The molecule has 0 aromatic heterocycles. The van der Waals surface area contributed by atoms with E-state index in [4.69, 9.17) is 10.8 Å². The highest BCUT2D eigenvalue weighted by Gasteiger charge is 2.14. The summed E-state index contributed by atoms with van der Waals surface area (Å²) in [4.78, 5) is 32.1. The Morgan fingerprint density at radius 3 is 2.65 bits per heavy atom. The summed E-state index contributed by atoms with van der Waals surface area (Å²) in [5.41, 5.74) is 5.58. The van der Waals surface area contributed by atoms with Gasteiger partial charge in [0.25, 0.3) is 11.6 Å². The molecule has 20 heavy (non-hydrogen) atoms. The van der Waals surface area contributed by atoms with Crippen LogP contribution in [-0.2, 0) is 4.79 Å². The van der Waals surface area contributed by atoms with E-state index < -0.39 is 16.8 Å². The third kappa shape index (κ3) is 4.56. The normalized spacial score (nSPS) is 10.0. The van der Waals surface area contributed by atoms with Gasteiger partial charge in [0.05, 0.1) is 10.5 Å². The molecule has 0 atom stereocenters. The second kappa shape index (κ2) is 7.07. The van der Waals surface area contributed by atoms with Crippen molar-refractivity contribution in [3.8, 4) is 0 Å². The van der Waals surface area contributed by atoms with Crippen LogP contribution in [0.3, 0.4) is 0 Å². The minimum absolute atomic E-state index is 0.0365. The number of nitro groups is 1. The molecule has 0 heterocycles. The zero-order chi connectivity index (χ0) is 15.1. The van der Waals surface area contributed by atoms with Crippen molar-refractivity contribution in [1.29, 1.82) is 0 Å². The van der Waals surface area contributed by atoms with Crippen LogP contribution in [0.2, 0.25) is 0 Å². The number of nitrogens with zero attached hydrogens (tertiary/aromatic N) is 1. The van der Waals surface area contributed by atoms with Crippen LogP contribution in [0.15, 0.2) is 18.2 Å². The zero-order valence-electron chi connectivity index (χ0n) is 10.7. The van der Waals surface area contributed by atoms with Crippen molar-refractivity contribution in [2.75, 3.05) is 12.3 Å². The number of unbranched alkanes of at least 4 members (excludes halogenated alkanes) is 1. The monoisotopic (exact) mass is 281 g/mol. The molecule has 0 aliphatic carbocycles. The number of non-ortho nitro benzene ring substituents is 1. The molecule has 0 aliphatic rings. The van der Waals surface area contributed by atoms with Crippen molar-refractivity contribution in [2.24, 2.45) is 0 Å². The summed E-state index contributed by atoms with van der Waals surface area (Å²) >= 11 is 0. The number of nitro benzene ring substituents is 1. The summed E-state index contributed by atoms with van der Waals surface area (Å²) in [5, 5.41) is 21.6. The van der Waals surface area contributed by atoms with Crippen LogP contribution >= 0.6 is 0 Å². The molecule has 108 valence electrons. The van der Waals surface area contributed by atoms with E-state index in [1.807, 2.05) is 0 Å². The average molecular weight is 281 g/mol. The van der Waals surface area contributed by atoms with Gasteiger partial charge >= 0.3 is 5.97 Å². The Morgan fingerprint density at radius 2 is 2.05 bits per heavy atom. The number of rotatable bonds is 7. The van der Waals surface area contributed by atoms with Crippen LogP contribution in [0.1, 0.15) is 29.6 Å². The lowest BCUT2D eigenvalue weighted by molar-refractivity contribution is -0.384. The topological polar surface area (TPSA) is 136 Å². The van der Waals surface area contributed by atoms with Crippen LogP contribution in [0, 0.1) is 10.1 Å². The van der Waals surface area contributed by atoms with Crippen molar-refractivity contribution < 1.29 is 19.6 Å². The maximum atomic E-state index is 11.8. The first-order valence-electron chi connectivity index (χ1n) is 5.95. The number of aliphatic carboxylic acids is 1. The Bertz CT molecular complexity index is 530. The average Bonchev–Trinajstić information content (AvgIpc) is 2.37. The summed E-state index contributed by atoms with van der Waals surface area (Å²) in [6.07, 6.45) is 0.988. The van der Waals surface area contributed by atoms with Crippen molar-refractivity contribution in [1.82, 2.24) is 5.32 Å². The molecule has 8 nitrogen and oxygen atoms in total. The molecule has 0 bridgehead atoms. The van der Waals surface area contributed by atoms with E-state index >= 15 is 0 Å². The molecule has 0 radical (unpaired) electrons. The highest BCUT2D eigenvalue weighted by molar-refractivity contribution is 5.99. The quantitative estimate of drug-likeness (QED) is 0.297. The van der Waals surface area contributed by atoms with Gasteiger partial charge in [-0.25, -0.2) is 0 Å². The van der Waals surface area contributed by atoms with Gasteiger partial charge in [-0.3, -0.25) is 19.7 Å². The summed E-state index contributed by atoms with van der Waals surface area (Å²) in [7, 11) is 0. The minimum atomic E-state index is -0.890. The Labute approximate surface area is 114 Å². The fourth-order valence-corrected chi connectivity index (χ4v) is 1.55. The van der Waals surface area contributed by atoms with Crippen molar-refractivity contribution in [3.63, 3.8) is 0 Å². The highest BCUT2D eigenvalue weighted by atomic mass is 16.6. The first-order chi connectivity index (χ1) is 9.41. The van der Waals surface area contributed by atoms with Gasteiger partial charge < -0.3 is 16.2 Å². The van der Waals surface area contributed by atoms with Gasteiger partial charge in [-0.15, -0.1) is 0 Å². The summed E-state index contributed by atoms with van der Waals surface area (Å²) in [6, 6.07) is 3.64. The number of nitrogens with one attached hydrogen (secondary N) is 1. The van der Waals surface area contributed by atoms with Gasteiger partial charge in [0.15, 0.2) is 0 Å². The molecule has 1 aromatic carbocycles. The molecule has 4 N–H and O–H groups in total. The highest BCUT2D eigenvalue weighted by Crippen LogP contribution is 2.19. The number of nitrogen functional groups attached to an aromatic ring is 1. The summed E-state index contributed by atoms with van der Waals surface area (Å²) in [5.74, 6) is -1.40. The van der Waals surface area contributed by atoms with Crippen molar-refractivity contribution in [3.05, 3.63) is 33.9 Å². The van der Waals surface area contributed by atoms with E-state index in [1.165, 1.54) is 12.1 Å². The Hall–Kier alpha value is -2.64. The fraction of sp³-hybridized carbons (Fsp3) is 0.333. The first kappa shape index (κ1) is 15.4. The Morgan fingerprint density at radius 1 is 1.35 bits per heavy atom. The molecule has 1 amide bonds. The second-order valence-corrected chi connectivity index (χ2v) is 4.14. The Kier molecular flexibility index (Phi) is 5.45. The molecule has 8 heteroatoms. The lowest BCUT2D eigenvalue weighted by atomic mass is 10.1. The second-order valence-electron chi connectivity index (χ2n) is 4.14. The smallest absolute Gasteiger partial charge is 0.303 e. The van der Waals surface area contributed by atoms with E-state index in [0.29, 0.717) is 12.8 Å². The molecule has 0 saturated heterocycles. The SMILES string of the molecule is Nc1ccc([N+](=O)[O-])cc1C(=O)NCCCCC(=O)O. The minimum Gasteiger partial charge on any atom is -0.481 e. The number of carbonyl (C=O) groups excluding carboxylic acids is 1. The lowest BCUT2D eigenvalue weighted by Gasteiger charge is -2.07. The number of hydrogen-bond donors (Lipinski definition) is 3. The van der Waals surface area contributed by atoms with Gasteiger partial charge in [-0.05, 0) is 18.9 Å². The number of amides is 1. The molecule has 0 fully saturated rings. The maximum absolute atomic E-state index is 11.8. The number of anilines is 1. The molecule has 1 aromatic rings. The predicted octanol–water partition coefficient (Wildman–Crippen LogP) is 1.16. The molecular formula is C12H15N3O5. The third-order valence-electron chi connectivity index (χ3n) is 2.60. The number of nitrogens with two attached hydrogens (primary N) is 1. The zero-order valence-corrected chi connectivity index (χ0v) is 10.7. The standard InChI is InChI=1S/C12H15N3O5/c13-10-5-4-8(15(19)20)7-9(10)12(18)14-6-2-1-3-11(16)17/h4-5,7H,1-3,6,13H2,(H,14,18)(H,16,17).